The number of halogens is 4. The van der Waals surface area contributed by atoms with Gasteiger partial charge >= 0.3 is 6.18 Å². The molecule has 1 heterocycles. The Bertz CT molecular complexity index is 516. The molecule has 2 N–H and O–H groups in total. The summed E-state index contributed by atoms with van der Waals surface area (Å²) in [5.74, 6) is -0.884. The second kappa shape index (κ2) is 3.85. The highest BCUT2D eigenvalue weighted by Gasteiger charge is 2.47. The van der Waals surface area contributed by atoms with Crippen molar-refractivity contribution in [2.24, 2.45) is 0 Å². The van der Waals surface area contributed by atoms with Crippen LogP contribution in [0.4, 0.5) is 18.9 Å². The van der Waals surface area contributed by atoms with Crippen molar-refractivity contribution in [1.82, 2.24) is 0 Å². The van der Waals surface area contributed by atoms with Crippen molar-refractivity contribution in [3.05, 3.63) is 26.8 Å². The number of carbonyl (C=O) groups is 1. The average molecular weight is 369 g/mol. The second-order valence-electron chi connectivity index (χ2n) is 3.59. The molecule has 88 valence electrons. The van der Waals surface area contributed by atoms with Crippen LogP contribution < -0.4 is 5.32 Å². The predicted molar refractivity (Wildman–Crippen MR) is 62.4 cm³/mol. The Morgan fingerprint density at radius 1 is 1.41 bits per heavy atom. The van der Waals surface area contributed by atoms with Gasteiger partial charge in [0.15, 0.2) is 0 Å². The van der Waals surface area contributed by atoms with Gasteiger partial charge in [-0.1, -0.05) is 0 Å². The zero-order valence-electron chi connectivity index (χ0n) is 8.10. The highest BCUT2D eigenvalue weighted by Crippen LogP contribution is 2.44. The van der Waals surface area contributed by atoms with Crippen LogP contribution in [0.1, 0.15) is 11.1 Å². The number of fused-ring (bicyclic) bond motifs is 1. The fraction of sp³-hybridized carbons (Fsp3) is 0.222. The lowest BCUT2D eigenvalue weighted by atomic mass is 10.0. The van der Waals surface area contributed by atoms with E-state index in [4.69, 9.17) is 0 Å². The Balaban J connectivity index is 2.77. The number of anilines is 1. The molecule has 0 aliphatic carbocycles. The maximum Gasteiger partial charge on any atom is 0.416 e. The summed E-state index contributed by atoms with van der Waals surface area (Å²) in [6, 6.07) is 2.28. The Hall–Kier alpha value is -0.298. The van der Waals surface area contributed by atoms with Gasteiger partial charge in [0.25, 0.3) is 0 Å². The quantitative estimate of drug-likeness (QED) is 0.539. The minimum Gasteiger partial charge on any atom is -0.394 e. The molecule has 1 aromatic carbocycles. The summed E-state index contributed by atoms with van der Waals surface area (Å²) >= 11 is 3.46. The zero-order chi connectivity index (χ0) is 13.0. The summed E-state index contributed by atoms with van der Waals surface area (Å²) in [6.07, 6.45) is -4.62. The van der Waals surface area contributed by atoms with Crippen molar-refractivity contribution in [2.45, 2.75) is 10.6 Å². The van der Waals surface area contributed by atoms with Crippen molar-refractivity contribution in [2.75, 3.05) is 5.32 Å². The Kier molecular flexibility index (Phi) is 2.97. The van der Waals surface area contributed by atoms with Gasteiger partial charge in [-0.2, -0.15) is 13.2 Å². The predicted octanol–water partition coefficient (Wildman–Crippen LogP) is 1.58. The molecule has 8 heteroatoms. The van der Waals surface area contributed by atoms with Crippen LogP contribution in [0, 0.1) is 3.57 Å². The molecule has 0 saturated carbocycles. The van der Waals surface area contributed by atoms with E-state index in [-0.39, 0.29) is 5.69 Å². The number of aliphatic hydroxyl groups is 1. The van der Waals surface area contributed by atoms with Gasteiger partial charge in [0, 0.05) is 14.8 Å². The third kappa shape index (κ3) is 2.07. The summed E-state index contributed by atoms with van der Waals surface area (Å²) in [5.41, 5.74) is -1.46. The minimum absolute atomic E-state index is 0.00766. The van der Waals surface area contributed by atoms with Gasteiger partial charge in [0.1, 0.15) is 0 Å². The highest BCUT2D eigenvalue weighted by molar-refractivity contribution is 14.1. The summed E-state index contributed by atoms with van der Waals surface area (Å²) in [4.78, 5) is 11.4. The van der Waals surface area contributed by atoms with Crippen LogP contribution in [0.5, 0.6) is 0 Å². The Morgan fingerprint density at radius 3 is 2.53 bits per heavy atom. The van der Waals surface area contributed by atoms with Crippen molar-refractivity contribution in [3.63, 3.8) is 0 Å². The van der Waals surface area contributed by atoms with Crippen LogP contribution in [0.15, 0.2) is 12.1 Å². The number of hydrogen-bond acceptors (Lipinski definition) is 2. The van der Waals surface area contributed by atoms with Gasteiger partial charge in [0.2, 0.25) is 22.2 Å². The summed E-state index contributed by atoms with van der Waals surface area (Å²) in [5, 5.41) is 12.0. The number of hydrogen-bond donors (Lipinski definition) is 2. The molecular weight excluding hydrogens is 365 g/mol. The van der Waals surface area contributed by atoms with Gasteiger partial charge in [-0.25, -0.2) is 0 Å². The fourth-order valence-electron chi connectivity index (χ4n) is 1.67. The Labute approximate surface area is 116 Å². The molecule has 0 spiro atoms. The SMILES string of the molecule is O=C1Nc2cc(I)cc(C(F)(F)F)c2[C]1(O)[Al]. The molecule has 1 aliphatic rings. The van der Waals surface area contributed by atoms with E-state index in [1.807, 2.05) is 0 Å². The number of alkyl halides is 3. The van der Waals surface area contributed by atoms with E-state index in [1.165, 1.54) is 6.07 Å². The molecule has 0 saturated heterocycles. The number of benzene rings is 1. The van der Waals surface area contributed by atoms with Gasteiger partial charge in [-0.15, -0.1) is 0 Å². The standard InChI is InChI=1S/C9H4F3INO2.Al/c10-9(11,12)4-1-3(13)2-5-6(4)7(15)8(16)14-5;/h1-2,15H,(H,14,16);. The second-order valence-corrected chi connectivity index (χ2v) is 5.68. The molecule has 0 bridgehead atoms. The number of carbonyl (C=O) groups excluding carboxylic acids is 1. The van der Waals surface area contributed by atoms with E-state index >= 15 is 0 Å². The largest absolute Gasteiger partial charge is 0.416 e. The lowest BCUT2D eigenvalue weighted by Crippen LogP contribution is -2.35. The molecule has 1 amide bonds. The van der Waals surface area contributed by atoms with Crippen molar-refractivity contribution < 1.29 is 23.1 Å². The molecule has 3 nitrogen and oxygen atoms in total. The topological polar surface area (TPSA) is 49.3 Å². The van der Waals surface area contributed by atoms with E-state index in [2.05, 4.69) is 5.32 Å². The average Bonchev–Trinajstić information content (AvgIpc) is 2.35. The van der Waals surface area contributed by atoms with Crippen molar-refractivity contribution in [3.8, 4) is 0 Å². The monoisotopic (exact) mass is 369 g/mol. The van der Waals surface area contributed by atoms with Crippen molar-refractivity contribution in [1.29, 1.82) is 0 Å². The van der Waals surface area contributed by atoms with Crippen LogP contribution >= 0.6 is 22.6 Å². The molecule has 1 aromatic rings. The minimum atomic E-state index is -4.62. The maximum atomic E-state index is 12.8. The normalized spacial score (nSPS) is 23.5. The third-order valence-corrected chi connectivity index (χ3v) is 3.56. The Morgan fingerprint density at radius 2 is 2.00 bits per heavy atom. The molecule has 0 fully saturated rings. The van der Waals surface area contributed by atoms with Crippen LogP contribution in [-0.2, 0) is 15.4 Å². The number of nitrogens with one attached hydrogen (secondary N) is 1. The molecule has 1 aliphatic heterocycles. The first-order valence-electron chi connectivity index (χ1n) is 4.38. The van der Waals surface area contributed by atoms with Crippen LogP contribution in [0.25, 0.3) is 0 Å². The van der Waals surface area contributed by atoms with Gasteiger partial charge in [-0.05, 0) is 34.7 Å². The van der Waals surface area contributed by atoms with Crippen LogP contribution in [0.2, 0.25) is 0 Å². The van der Waals surface area contributed by atoms with Gasteiger partial charge < -0.3 is 10.4 Å². The fourth-order valence-corrected chi connectivity index (χ4v) is 2.68. The molecule has 1 atom stereocenters. The van der Waals surface area contributed by atoms with Crippen LogP contribution in [0.3, 0.4) is 0 Å². The van der Waals surface area contributed by atoms with Gasteiger partial charge in [0.05, 0.1) is 10.0 Å². The zero-order valence-corrected chi connectivity index (χ0v) is 11.4. The van der Waals surface area contributed by atoms with E-state index in [1.54, 1.807) is 38.9 Å². The molecule has 2 radical (unpaired) electrons. The van der Waals surface area contributed by atoms with E-state index in [9.17, 15) is 23.1 Å². The summed E-state index contributed by atoms with van der Waals surface area (Å²) in [6.45, 7) is 0. The third-order valence-electron chi connectivity index (χ3n) is 2.38. The van der Waals surface area contributed by atoms with Crippen molar-refractivity contribution >= 4 is 50.5 Å². The smallest absolute Gasteiger partial charge is 0.394 e. The molecule has 1 unspecified atom stereocenters. The number of amides is 1. The lowest BCUT2D eigenvalue weighted by molar-refractivity contribution is -0.140. The van der Waals surface area contributed by atoms with Crippen LogP contribution in [-0.4, -0.2) is 27.3 Å². The summed E-state index contributed by atoms with van der Waals surface area (Å²) in [7, 11) is 0. The van der Waals surface area contributed by atoms with E-state index < -0.39 is 27.7 Å². The first-order chi connectivity index (χ1) is 7.64. The molecule has 0 aromatic heterocycles. The van der Waals surface area contributed by atoms with E-state index in [0.717, 1.165) is 6.07 Å². The first-order valence-corrected chi connectivity index (χ1v) is 6.03. The van der Waals surface area contributed by atoms with E-state index in [0.29, 0.717) is 3.57 Å². The number of rotatable bonds is 0. The molecule has 2 rings (SSSR count). The summed E-state index contributed by atoms with van der Waals surface area (Å²) < 4.78 is 36.6. The molecular formula is C9H4AlF3INO2. The molecule has 17 heavy (non-hydrogen) atoms. The van der Waals surface area contributed by atoms with Gasteiger partial charge in [-0.3, -0.25) is 4.79 Å². The maximum absolute atomic E-state index is 12.8. The first kappa shape index (κ1) is 13.1. The highest BCUT2D eigenvalue weighted by atomic mass is 127. The lowest BCUT2D eigenvalue weighted by Gasteiger charge is -2.21.